The number of rotatable bonds is 4. The molecule has 0 aromatic heterocycles. The Kier molecular flexibility index (Phi) is 4.32. The first-order valence-electron chi connectivity index (χ1n) is 9.71. The van der Waals surface area contributed by atoms with E-state index in [-0.39, 0.29) is 11.9 Å². The monoisotopic (exact) mass is 369 g/mol. The number of guanidine groups is 1. The molecular weight excluding hydrogens is 342 g/mol. The summed E-state index contributed by atoms with van der Waals surface area (Å²) >= 11 is 0. The lowest BCUT2D eigenvalue weighted by molar-refractivity contribution is -0.137. The minimum Gasteiger partial charge on any atom is -0.325 e. The molecule has 144 valence electrons. The van der Waals surface area contributed by atoms with E-state index in [0.29, 0.717) is 6.54 Å². The van der Waals surface area contributed by atoms with Gasteiger partial charge in [0.2, 0.25) is 5.96 Å². The number of urea groups is 1. The number of hydrogen-bond acceptors (Lipinski definition) is 5. The molecule has 2 unspecified atom stereocenters. The number of carbonyl (C=O) groups is 2. The maximum Gasteiger partial charge on any atom is 0.328 e. The van der Waals surface area contributed by atoms with Gasteiger partial charge in [0.05, 0.1) is 0 Å². The van der Waals surface area contributed by atoms with Crippen LogP contribution in [0.2, 0.25) is 0 Å². The molecule has 4 rings (SSSR count). The van der Waals surface area contributed by atoms with E-state index in [0.717, 1.165) is 37.6 Å². The van der Waals surface area contributed by atoms with E-state index in [1.807, 2.05) is 0 Å². The molecule has 2 saturated heterocycles. The van der Waals surface area contributed by atoms with Crippen LogP contribution in [0.3, 0.4) is 0 Å². The zero-order chi connectivity index (χ0) is 19.3. The van der Waals surface area contributed by atoms with Crippen molar-refractivity contribution in [1.29, 1.82) is 0 Å². The second-order valence-corrected chi connectivity index (χ2v) is 7.66. The summed E-state index contributed by atoms with van der Waals surface area (Å²) in [5.74, 6) is 0.696. The molecule has 0 saturated carbocycles. The molecular formula is C20H27N5O2. The minimum atomic E-state index is -0.439. The van der Waals surface area contributed by atoms with Gasteiger partial charge in [-0.15, -0.1) is 0 Å². The summed E-state index contributed by atoms with van der Waals surface area (Å²) < 4.78 is 0. The number of likely N-dealkylation sites (N-methyl/N-ethyl adjacent to an activating group) is 1. The summed E-state index contributed by atoms with van der Waals surface area (Å²) in [6.07, 6.45) is 1.33. The van der Waals surface area contributed by atoms with E-state index in [1.165, 1.54) is 16.0 Å². The van der Waals surface area contributed by atoms with Gasteiger partial charge in [-0.2, -0.15) is 0 Å². The molecule has 0 spiro atoms. The predicted octanol–water partition coefficient (Wildman–Crippen LogP) is 2.18. The molecule has 3 aliphatic heterocycles. The normalized spacial score (nSPS) is 24.5. The first-order valence-corrected chi connectivity index (χ1v) is 9.71. The van der Waals surface area contributed by atoms with Gasteiger partial charge in [-0.1, -0.05) is 25.5 Å². The number of amides is 3. The van der Waals surface area contributed by atoms with Crippen LogP contribution in [-0.2, 0) is 4.79 Å². The molecule has 2 atom stereocenters. The van der Waals surface area contributed by atoms with Crippen molar-refractivity contribution in [2.45, 2.75) is 45.8 Å². The predicted molar refractivity (Wildman–Crippen MR) is 105 cm³/mol. The van der Waals surface area contributed by atoms with Gasteiger partial charge in [0.15, 0.2) is 12.2 Å². The SMILES string of the molecule is CCCCN1C(=O)C2C(N=C3N(c4cc(C)ccc4C)CCN32)N(C)C1=O. The Hall–Kier alpha value is -2.57. The van der Waals surface area contributed by atoms with E-state index < -0.39 is 12.2 Å². The Morgan fingerprint density at radius 3 is 2.70 bits per heavy atom. The minimum absolute atomic E-state index is 0.113. The molecule has 7 heteroatoms. The number of carbonyl (C=O) groups excluding carboxylic acids is 2. The second-order valence-electron chi connectivity index (χ2n) is 7.66. The maximum atomic E-state index is 13.1. The molecule has 3 amide bonds. The van der Waals surface area contributed by atoms with Gasteiger partial charge >= 0.3 is 6.03 Å². The summed E-state index contributed by atoms with van der Waals surface area (Å²) in [5, 5.41) is 0. The standard InChI is InChI=1S/C20H27N5O2/c1-5-6-9-25-18(26)16-17(22(4)20(25)27)21-19-23(10-11-24(16)19)15-12-13(2)7-8-14(15)3/h7-8,12,16-17H,5-6,9-11H2,1-4H3. The van der Waals surface area contributed by atoms with E-state index >= 15 is 0 Å². The van der Waals surface area contributed by atoms with E-state index in [1.54, 1.807) is 11.9 Å². The van der Waals surface area contributed by atoms with Gasteiger partial charge < -0.3 is 14.7 Å². The van der Waals surface area contributed by atoms with Crippen molar-refractivity contribution in [3.05, 3.63) is 29.3 Å². The number of unbranched alkanes of at least 4 members (excludes halogenated alkanes) is 1. The van der Waals surface area contributed by atoms with Crippen LogP contribution in [0.15, 0.2) is 23.2 Å². The fourth-order valence-electron chi connectivity index (χ4n) is 4.20. The maximum absolute atomic E-state index is 13.1. The molecule has 2 fully saturated rings. The van der Waals surface area contributed by atoms with Gasteiger partial charge in [-0.3, -0.25) is 9.69 Å². The highest BCUT2D eigenvalue weighted by Crippen LogP contribution is 2.34. The van der Waals surface area contributed by atoms with Gasteiger partial charge in [0.1, 0.15) is 0 Å². The molecule has 1 aromatic carbocycles. The van der Waals surface area contributed by atoms with Crippen LogP contribution in [0.25, 0.3) is 0 Å². The van der Waals surface area contributed by atoms with Crippen molar-refractivity contribution in [3.63, 3.8) is 0 Å². The lowest BCUT2D eigenvalue weighted by Gasteiger charge is -2.40. The average molecular weight is 369 g/mol. The molecule has 3 aliphatic rings. The Labute approximate surface area is 160 Å². The lowest BCUT2D eigenvalue weighted by atomic mass is 10.1. The molecule has 0 aliphatic carbocycles. The van der Waals surface area contributed by atoms with Crippen LogP contribution >= 0.6 is 0 Å². The highest BCUT2D eigenvalue weighted by atomic mass is 16.2. The summed E-state index contributed by atoms with van der Waals surface area (Å²) in [6, 6.07) is 5.73. The number of aryl methyl sites for hydroxylation is 2. The van der Waals surface area contributed by atoms with Gasteiger partial charge in [0, 0.05) is 32.4 Å². The molecule has 3 heterocycles. The van der Waals surface area contributed by atoms with E-state index in [2.05, 4.69) is 48.8 Å². The summed E-state index contributed by atoms with van der Waals surface area (Å²) in [6.45, 7) is 8.24. The van der Waals surface area contributed by atoms with Crippen molar-refractivity contribution in [3.8, 4) is 0 Å². The number of imide groups is 1. The Morgan fingerprint density at radius 2 is 1.96 bits per heavy atom. The zero-order valence-electron chi connectivity index (χ0n) is 16.5. The topological polar surface area (TPSA) is 59.5 Å². The number of fused-ring (bicyclic) bond motifs is 3. The lowest BCUT2D eigenvalue weighted by Crippen LogP contribution is -2.64. The van der Waals surface area contributed by atoms with Gasteiger partial charge in [0.25, 0.3) is 5.91 Å². The van der Waals surface area contributed by atoms with Gasteiger partial charge in [-0.25, -0.2) is 9.79 Å². The molecule has 27 heavy (non-hydrogen) atoms. The number of benzene rings is 1. The Bertz CT molecular complexity index is 821. The molecule has 0 bridgehead atoms. The number of aliphatic imine (C=N–C) groups is 1. The summed E-state index contributed by atoms with van der Waals surface area (Å²) in [5.41, 5.74) is 3.50. The van der Waals surface area contributed by atoms with E-state index in [4.69, 9.17) is 4.99 Å². The van der Waals surface area contributed by atoms with Crippen molar-refractivity contribution >= 4 is 23.6 Å². The van der Waals surface area contributed by atoms with Crippen molar-refractivity contribution in [2.75, 3.05) is 31.6 Å². The summed E-state index contributed by atoms with van der Waals surface area (Å²) in [4.78, 5) is 37.9. The fraction of sp³-hybridized carbons (Fsp3) is 0.550. The van der Waals surface area contributed by atoms with Crippen molar-refractivity contribution < 1.29 is 9.59 Å². The molecule has 7 nitrogen and oxygen atoms in total. The van der Waals surface area contributed by atoms with Crippen LogP contribution in [0, 0.1) is 13.8 Å². The third kappa shape index (κ3) is 2.67. The number of nitrogens with zero attached hydrogens (tertiary/aromatic N) is 5. The smallest absolute Gasteiger partial charge is 0.325 e. The van der Waals surface area contributed by atoms with Crippen molar-refractivity contribution in [2.24, 2.45) is 4.99 Å². The fourth-order valence-corrected chi connectivity index (χ4v) is 4.20. The van der Waals surface area contributed by atoms with Crippen LogP contribution in [0.1, 0.15) is 30.9 Å². The van der Waals surface area contributed by atoms with E-state index in [9.17, 15) is 9.59 Å². The first kappa shape index (κ1) is 17.8. The molecule has 0 radical (unpaired) electrons. The summed E-state index contributed by atoms with van der Waals surface area (Å²) in [7, 11) is 1.75. The molecule has 1 aromatic rings. The third-order valence-electron chi connectivity index (χ3n) is 5.77. The molecule has 0 N–H and O–H groups in total. The third-order valence-corrected chi connectivity index (χ3v) is 5.77. The van der Waals surface area contributed by atoms with Crippen LogP contribution in [-0.4, -0.2) is 71.5 Å². The van der Waals surface area contributed by atoms with Crippen LogP contribution in [0.5, 0.6) is 0 Å². The number of hydrogen-bond donors (Lipinski definition) is 0. The Morgan fingerprint density at radius 1 is 1.19 bits per heavy atom. The van der Waals surface area contributed by atoms with Crippen LogP contribution in [0.4, 0.5) is 10.5 Å². The second kappa shape index (κ2) is 6.55. The zero-order valence-corrected chi connectivity index (χ0v) is 16.5. The largest absolute Gasteiger partial charge is 0.328 e. The van der Waals surface area contributed by atoms with Crippen molar-refractivity contribution in [1.82, 2.24) is 14.7 Å². The van der Waals surface area contributed by atoms with Crippen LogP contribution < -0.4 is 4.90 Å². The highest BCUT2D eigenvalue weighted by molar-refractivity contribution is 6.08. The average Bonchev–Trinajstić information content (AvgIpc) is 3.21. The Balaban J connectivity index is 1.66. The first-order chi connectivity index (χ1) is 12.9. The quantitative estimate of drug-likeness (QED) is 0.816. The number of anilines is 1. The van der Waals surface area contributed by atoms with Gasteiger partial charge in [-0.05, 0) is 37.5 Å². The highest BCUT2D eigenvalue weighted by Gasteiger charge is 2.54.